The lowest BCUT2D eigenvalue weighted by Crippen LogP contribution is -2.47. The van der Waals surface area contributed by atoms with Crippen LogP contribution >= 0.6 is 15.9 Å². The maximum atomic E-state index is 12.3. The Bertz CT molecular complexity index is 524. The molecule has 21 heavy (non-hydrogen) atoms. The predicted octanol–water partition coefficient (Wildman–Crippen LogP) is 0.142. The van der Waals surface area contributed by atoms with Crippen LogP contribution in [0.4, 0.5) is 5.69 Å². The third kappa shape index (κ3) is 4.50. The van der Waals surface area contributed by atoms with E-state index < -0.39 is 0 Å². The Morgan fingerprint density at radius 3 is 2.62 bits per heavy atom. The fourth-order valence-electron chi connectivity index (χ4n) is 2.09. The zero-order valence-electron chi connectivity index (χ0n) is 12.8. The molecule has 1 N–H and O–H groups in total. The van der Waals surface area contributed by atoms with Crippen LogP contribution in [-0.4, -0.2) is 78.5 Å². The van der Waals surface area contributed by atoms with E-state index in [1.807, 2.05) is 19.0 Å². The predicted molar refractivity (Wildman–Crippen MR) is 87.4 cm³/mol. The minimum atomic E-state index is -0.101. The molecule has 0 radical (unpaired) electrons. The van der Waals surface area contributed by atoms with E-state index in [1.165, 1.54) is 4.68 Å². The van der Waals surface area contributed by atoms with E-state index >= 15 is 0 Å². The monoisotopic (exact) mass is 358 g/mol. The molecule has 1 aromatic rings. The van der Waals surface area contributed by atoms with Gasteiger partial charge in [-0.05, 0) is 37.1 Å². The molecule has 8 heteroatoms. The first-order valence-electron chi connectivity index (χ1n) is 7.08. The van der Waals surface area contributed by atoms with E-state index in [4.69, 9.17) is 0 Å². The second kappa shape index (κ2) is 7.35. The van der Waals surface area contributed by atoms with Crippen LogP contribution in [0.3, 0.4) is 0 Å². The van der Waals surface area contributed by atoms with Crippen molar-refractivity contribution in [3.8, 4) is 0 Å². The first kappa shape index (κ1) is 16.4. The van der Waals surface area contributed by atoms with Crippen LogP contribution < -0.4 is 11.0 Å². The van der Waals surface area contributed by atoms with E-state index in [1.54, 1.807) is 6.20 Å². The van der Waals surface area contributed by atoms with Crippen molar-refractivity contribution < 1.29 is 0 Å². The summed E-state index contributed by atoms with van der Waals surface area (Å²) in [6.45, 7) is 5.24. The lowest BCUT2D eigenvalue weighted by molar-refractivity contribution is 0.179. The maximum Gasteiger partial charge on any atom is 0.283 e. The highest BCUT2D eigenvalue weighted by molar-refractivity contribution is 9.10. The number of nitrogens with zero attached hydrogens (tertiary/aromatic N) is 5. The Labute approximate surface area is 133 Å². The number of rotatable bonds is 5. The van der Waals surface area contributed by atoms with Crippen molar-refractivity contribution in [3.05, 3.63) is 21.0 Å². The highest BCUT2D eigenvalue weighted by Crippen LogP contribution is 2.17. The Morgan fingerprint density at radius 2 is 2.00 bits per heavy atom. The van der Waals surface area contributed by atoms with Crippen molar-refractivity contribution in [1.29, 1.82) is 0 Å². The summed E-state index contributed by atoms with van der Waals surface area (Å²) in [7, 11) is 6.06. The number of likely N-dealkylation sites (N-methyl/N-ethyl adjacent to an activating group) is 2. The van der Waals surface area contributed by atoms with Crippen LogP contribution in [0.5, 0.6) is 0 Å². The summed E-state index contributed by atoms with van der Waals surface area (Å²) in [6, 6.07) is 0. The highest BCUT2D eigenvalue weighted by Gasteiger charge is 2.16. The van der Waals surface area contributed by atoms with E-state index in [-0.39, 0.29) is 5.56 Å². The van der Waals surface area contributed by atoms with E-state index in [2.05, 4.69) is 43.4 Å². The van der Waals surface area contributed by atoms with E-state index in [0.29, 0.717) is 11.0 Å². The second-order valence-corrected chi connectivity index (χ2v) is 6.40. The molecule has 0 aliphatic carbocycles. The van der Waals surface area contributed by atoms with Gasteiger partial charge >= 0.3 is 0 Å². The normalized spacial score (nSPS) is 17.4. The number of aromatic nitrogens is 2. The second-order valence-electron chi connectivity index (χ2n) is 5.61. The van der Waals surface area contributed by atoms with Gasteiger partial charge in [0.05, 0.1) is 18.4 Å². The van der Waals surface area contributed by atoms with E-state index in [9.17, 15) is 4.79 Å². The fourth-order valence-corrected chi connectivity index (χ4v) is 2.48. The first-order chi connectivity index (χ1) is 9.97. The zero-order valence-corrected chi connectivity index (χ0v) is 14.4. The number of hydrogen-bond acceptors (Lipinski definition) is 6. The molecular weight excluding hydrogens is 336 g/mol. The largest absolute Gasteiger partial charge is 0.316 e. The van der Waals surface area contributed by atoms with Gasteiger partial charge in [-0.15, -0.1) is 0 Å². The van der Waals surface area contributed by atoms with Gasteiger partial charge in [0, 0.05) is 32.7 Å². The quantitative estimate of drug-likeness (QED) is 0.808. The number of hydrogen-bond donors (Lipinski definition) is 1. The number of hydrazine groups is 1. The average molecular weight is 359 g/mol. The third-order valence-electron chi connectivity index (χ3n) is 3.53. The minimum Gasteiger partial charge on any atom is -0.316 e. The number of anilines is 1. The molecular formula is C13H23BrN6O. The molecule has 2 heterocycles. The lowest BCUT2D eigenvalue weighted by atomic mass is 10.4. The summed E-state index contributed by atoms with van der Waals surface area (Å²) < 4.78 is 2.02. The molecule has 1 aliphatic heterocycles. The van der Waals surface area contributed by atoms with Gasteiger partial charge in [0.1, 0.15) is 4.47 Å². The molecule has 0 unspecified atom stereocenters. The van der Waals surface area contributed by atoms with Crippen molar-refractivity contribution in [2.24, 2.45) is 0 Å². The lowest BCUT2D eigenvalue weighted by Gasteiger charge is -2.33. The Kier molecular flexibility index (Phi) is 5.74. The first-order valence-corrected chi connectivity index (χ1v) is 7.87. The summed E-state index contributed by atoms with van der Waals surface area (Å²) >= 11 is 3.39. The SMILES string of the molecule is CN(C)CCn1ncc(NN2CCN(C)CC2)c(Br)c1=O. The summed E-state index contributed by atoms with van der Waals surface area (Å²) in [5.41, 5.74) is 3.90. The highest BCUT2D eigenvalue weighted by atomic mass is 79.9. The van der Waals surface area contributed by atoms with Crippen LogP contribution in [0, 0.1) is 0 Å². The maximum absolute atomic E-state index is 12.3. The van der Waals surface area contributed by atoms with E-state index in [0.717, 1.165) is 38.4 Å². The molecule has 7 nitrogen and oxygen atoms in total. The summed E-state index contributed by atoms with van der Waals surface area (Å²) in [6.07, 6.45) is 1.71. The van der Waals surface area contributed by atoms with Crippen LogP contribution in [-0.2, 0) is 6.54 Å². The Hall–Kier alpha value is -0.960. The van der Waals surface area contributed by atoms with Crippen LogP contribution in [0.15, 0.2) is 15.5 Å². The van der Waals surface area contributed by atoms with Gasteiger partial charge < -0.3 is 15.2 Å². The third-order valence-corrected chi connectivity index (χ3v) is 4.29. The molecule has 1 saturated heterocycles. The van der Waals surface area contributed by atoms with Crippen LogP contribution in [0.1, 0.15) is 0 Å². The molecule has 1 aromatic heterocycles. The van der Waals surface area contributed by atoms with Gasteiger partial charge in [-0.1, -0.05) is 0 Å². The van der Waals surface area contributed by atoms with Gasteiger partial charge in [-0.25, -0.2) is 9.69 Å². The van der Waals surface area contributed by atoms with Gasteiger partial charge in [-0.3, -0.25) is 4.79 Å². The Balaban J connectivity index is 2.04. The minimum absolute atomic E-state index is 0.101. The summed E-state index contributed by atoms with van der Waals surface area (Å²) in [5.74, 6) is 0. The van der Waals surface area contributed by atoms with Crippen molar-refractivity contribution in [1.82, 2.24) is 24.6 Å². The number of piperazine rings is 1. The topological polar surface area (TPSA) is 56.6 Å². The van der Waals surface area contributed by atoms with Crippen LogP contribution in [0.2, 0.25) is 0 Å². The standard InChI is InChI=1S/C13H23BrN6O/c1-17(2)4-9-20-13(21)12(14)11(10-15-20)16-19-7-5-18(3)6-8-19/h10,16H,4-9H2,1-3H3. The molecule has 1 aliphatic rings. The van der Waals surface area contributed by atoms with Crippen molar-refractivity contribution in [2.75, 3.05) is 59.3 Å². The summed E-state index contributed by atoms with van der Waals surface area (Å²) in [5, 5.41) is 6.36. The molecule has 0 bridgehead atoms. The fraction of sp³-hybridized carbons (Fsp3) is 0.692. The molecule has 0 aromatic carbocycles. The number of halogens is 1. The molecule has 0 atom stereocenters. The number of nitrogens with one attached hydrogen (secondary N) is 1. The molecule has 0 saturated carbocycles. The van der Waals surface area contributed by atoms with Crippen LogP contribution in [0.25, 0.3) is 0 Å². The van der Waals surface area contributed by atoms with Gasteiger partial charge in [0.15, 0.2) is 0 Å². The van der Waals surface area contributed by atoms with Crippen molar-refractivity contribution in [2.45, 2.75) is 6.54 Å². The smallest absolute Gasteiger partial charge is 0.283 e. The molecule has 0 spiro atoms. The molecule has 0 amide bonds. The van der Waals surface area contributed by atoms with Crippen molar-refractivity contribution in [3.63, 3.8) is 0 Å². The van der Waals surface area contributed by atoms with Gasteiger partial charge in [0.2, 0.25) is 0 Å². The molecule has 1 fully saturated rings. The summed E-state index contributed by atoms with van der Waals surface area (Å²) in [4.78, 5) is 16.6. The van der Waals surface area contributed by atoms with Crippen molar-refractivity contribution >= 4 is 21.6 Å². The molecule has 118 valence electrons. The average Bonchev–Trinajstić information content (AvgIpc) is 2.45. The zero-order chi connectivity index (χ0) is 15.4. The Morgan fingerprint density at radius 1 is 1.33 bits per heavy atom. The van der Waals surface area contributed by atoms with Gasteiger partial charge in [-0.2, -0.15) is 5.10 Å². The molecule has 2 rings (SSSR count). The van der Waals surface area contributed by atoms with Gasteiger partial charge in [0.25, 0.3) is 5.56 Å².